The molecule has 2 fully saturated rings. The summed E-state index contributed by atoms with van der Waals surface area (Å²) in [6.07, 6.45) is 1.47. The Balaban J connectivity index is 1.63. The number of imide groups is 1. The highest BCUT2D eigenvalue weighted by Crippen LogP contribution is 2.35. The summed E-state index contributed by atoms with van der Waals surface area (Å²) in [4.78, 5) is 41.0. The summed E-state index contributed by atoms with van der Waals surface area (Å²) in [5.41, 5.74) is 1.02. The lowest BCUT2D eigenvalue weighted by atomic mass is 10.1. The highest BCUT2D eigenvalue weighted by molar-refractivity contribution is 6.31. The number of carbonyl (C=O) groups excluding carboxylic acids is 3. The fourth-order valence-corrected chi connectivity index (χ4v) is 3.63. The summed E-state index contributed by atoms with van der Waals surface area (Å²) < 4.78 is 13.2. The largest absolute Gasteiger partial charge is 0.325 e. The van der Waals surface area contributed by atoms with Crippen molar-refractivity contribution in [2.45, 2.75) is 31.8 Å². The molecule has 3 amide bonds. The fraction of sp³-hybridized carbons (Fsp3) is 0.286. The smallest absolute Gasteiger partial charge is 0.257 e. The van der Waals surface area contributed by atoms with E-state index in [9.17, 15) is 18.8 Å². The second-order valence-electron chi connectivity index (χ2n) is 7.10. The topological polar surface area (TPSA) is 57.7 Å². The predicted octanol–water partition coefficient (Wildman–Crippen LogP) is 3.55. The van der Waals surface area contributed by atoms with Gasteiger partial charge in [0.1, 0.15) is 11.9 Å². The van der Waals surface area contributed by atoms with E-state index in [2.05, 4.69) is 0 Å². The normalized spacial score (nSPS) is 19.2. The number of hydrogen-bond acceptors (Lipinski definition) is 3. The van der Waals surface area contributed by atoms with E-state index >= 15 is 0 Å². The van der Waals surface area contributed by atoms with Gasteiger partial charge in [-0.1, -0.05) is 29.8 Å². The number of hydrogen-bond donors (Lipinski definition) is 0. The van der Waals surface area contributed by atoms with Crippen molar-refractivity contribution in [1.82, 2.24) is 4.90 Å². The minimum absolute atomic E-state index is 0.0981. The monoisotopic (exact) mass is 400 g/mol. The summed E-state index contributed by atoms with van der Waals surface area (Å²) in [6.45, 7) is 0.163. The molecule has 1 saturated carbocycles. The standard InChI is InChI=1S/C21H18ClFN2O3/c22-17-4-2-1-3-14(17)12-24(20(27)13-5-6-13)18-11-19(26)25(21(18)28)16-9-7-15(23)8-10-16/h1-4,7-10,13,18H,5-6,11-12H2. The molecule has 0 bridgehead atoms. The average Bonchev–Trinajstić information content (AvgIpc) is 3.48. The summed E-state index contributed by atoms with van der Waals surface area (Å²) >= 11 is 6.24. The van der Waals surface area contributed by atoms with E-state index < -0.39 is 23.7 Å². The molecule has 1 aliphatic carbocycles. The van der Waals surface area contributed by atoms with Crippen LogP contribution >= 0.6 is 11.6 Å². The second kappa shape index (κ2) is 7.36. The highest BCUT2D eigenvalue weighted by atomic mass is 35.5. The number of benzene rings is 2. The number of amides is 3. The minimum Gasteiger partial charge on any atom is -0.325 e. The Morgan fingerprint density at radius 3 is 2.43 bits per heavy atom. The first-order chi connectivity index (χ1) is 13.5. The van der Waals surface area contributed by atoms with Gasteiger partial charge in [0.2, 0.25) is 11.8 Å². The maximum atomic E-state index is 13.2. The van der Waals surface area contributed by atoms with Gasteiger partial charge >= 0.3 is 0 Å². The van der Waals surface area contributed by atoms with Crippen LogP contribution in [0, 0.1) is 11.7 Å². The van der Waals surface area contributed by atoms with Crippen molar-refractivity contribution in [3.8, 4) is 0 Å². The molecular weight excluding hydrogens is 383 g/mol. The van der Waals surface area contributed by atoms with E-state index in [1.807, 2.05) is 6.07 Å². The van der Waals surface area contributed by atoms with Crippen molar-refractivity contribution in [2.75, 3.05) is 4.90 Å². The van der Waals surface area contributed by atoms with Gasteiger partial charge in [0.05, 0.1) is 12.1 Å². The van der Waals surface area contributed by atoms with Crippen molar-refractivity contribution in [3.63, 3.8) is 0 Å². The molecule has 0 aromatic heterocycles. The third-order valence-corrected chi connectivity index (χ3v) is 5.46. The van der Waals surface area contributed by atoms with Crippen LogP contribution < -0.4 is 4.90 Å². The van der Waals surface area contributed by atoms with Gasteiger partial charge in [0.15, 0.2) is 0 Å². The van der Waals surface area contributed by atoms with Crippen LogP contribution in [0.5, 0.6) is 0 Å². The third kappa shape index (κ3) is 3.52. The van der Waals surface area contributed by atoms with Gasteiger partial charge in [0.25, 0.3) is 5.91 Å². The molecule has 144 valence electrons. The van der Waals surface area contributed by atoms with Crippen molar-refractivity contribution in [2.24, 2.45) is 5.92 Å². The average molecular weight is 401 g/mol. The number of halogens is 2. The molecule has 2 aromatic rings. The number of anilines is 1. The Labute approximate surface area is 166 Å². The first-order valence-electron chi connectivity index (χ1n) is 9.12. The van der Waals surface area contributed by atoms with Crippen LogP contribution in [-0.4, -0.2) is 28.7 Å². The zero-order valence-corrected chi connectivity index (χ0v) is 15.7. The Morgan fingerprint density at radius 2 is 1.79 bits per heavy atom. The quantitative estimate of drug-likeness (QED) is 0.721. The fourth-order valence-electron chi connectivity index (χ4n) is 3.44. The van der Waals surface area contributed by atoms with Crippen molar-refractivity contribution in [3.05, 3.63) is 64.9 Å². The molecule has 7 heteroatoms. The lowest BCUT2D eigenvalue weighted by Gasteiger charge is -2.28. The van der Waals surface area contributed by atoms with Crippen molar-refractivity contribution in [1.29, 1.82) is 0 Å². The van der Waals surface area contributed by atoms with E-state index in [1.165, 1.54) is 29.2 Å². The van der Waals surface area contributed by atoms with Crippen LogP contribution in [0.2, 0.25) is 5.02 Å². The lowest BCUT2D eigenvalue weighted by molar-refractivity contribution is -0.140. The first kappa shape index (κ1) is 18.6. The van der Waals surface area contributed by atoms with Crippen molar-refractivity contribution < 1.29 is 18.8 Å². The molecule has 0 N–H and O–H groups in total. The maximum Gasteiger partial charge on any atom is 0.257 e. The number of rotatable bonds is 5. The molecule has 2 aliphatic rings. The summed E-state index contributed by atoms with van der Waals surface area (Å²) in [7, 11) is 0. The Morgan fingerprint density at radius 1 is 1.11 bits per heavy atom. The number of nitrogens with zero attached hydrogens (tertiary/aromatic N) is 2. The van der Waals surface area contributed by atoms with Gasteiger partial charge in [0, 0.05) is 17.5 Å². The maximum absolute atomic E-state index is 13.2. The summed E-state index contributed by atoms with van der Waals surface area (Å²) in [5, 5.41) is 0.503. The zero-order chi connectivity index (χ0) is 19.8. The van der Waals surface area contributed by atoms with Gasteiger partial charge in [-0.05, 0) is 48.7 Å². The van der Waals surface area contributed by atoms with E-state index in [-0.39, 0.29) is 24.8 Å². The van der Waals surface area contributed by atoms with E-state index in [1.54, 1.807) is 18.2 Å². The first-order valence-corrected chi connectivity index (χ1v) is 9.50. The molecule has 1 unspecified atom stereocenters. The summed E-state index contributed by atoms with van der Waals surface area (Å²) in [6, 6.07) is 11.4. The molecule has 0 spiro atoms. The molecule has 0 radical (unpaired) electrons. The Hall–Kier alpha value is -2.73. The molecule has 2 aromatic carbocycles. The molecule has 5 nitrogen and oxygen atoms in total. The van der Waals surface area contributed by atoms with E-state index in [0.717, 1.165) is 23.3 Å². The van der Waals surface area contributed by atoms with Crippen LogP contribution in [0.1, 0.15) is 24.8 Å². The lowest BCUT2D eigenvalue weighted by Crippen LogP contribution is -2.45. The van der Waals surface area contributed by atoms with Crippen LogP contribution in [0.3, 0.4) is 0 Å². The predicted molar refractivity (Wildman–Crippen MR) is 102 cm³/mol. The summed E-state index contributed by atoms with van der Waals surface area (Å²) in [5.74, 6) is -1.58. The molecule has 1 heterocycles. The molecule has 4 rings (SSSR count). The Bertz CT molecular complexity index is 943. The van der Waals surface area contributed by atoms with Gasteiger partial charge < -0.3 is 4.90 Å². The second-order valence-corrected chi connectivity index (χ2v) is 7.50. The van der Waals surface area contributed by atoms with Crippen LogP contribution in [0.4, 0.5) is 10.1 Å². The molecule has 1 aliphatic heterocycles. The highest BCUT2D eigenvalue weighted by Gasteiger charge is 2.46. The number of carbonyl (C=O) groups is 3. The van der Waals surface area contributed by atoms with Gasteiger partial charge in [-0.25, -0.2) is 9.29 Å². The molecule has 1 atom stereocenters. The van der Waals surface area contributed by atoms with E-state index in [0.29, 0.717) is 10.7 Å². The van der Waals surface area contributed by atoms with Crippen LogP contribution in [-0.2, 0) is 20.9 Å². The van der Waals surface area contributed by atoms with Gasteiger partial charge in [-0.15, -0.1) is 0 Å². The third-order valence-electron chi connectivity index (χ3n) is 5.09. The molecule has 1 saturated heterocycles. The Kier molecular flexibility index (Phi) is 4.89. The van der Waals surface area contributed by atoms with Gasteiger partial charge in [-0.2, -0.15) is 0 Å². The van der Waals surface area contributed by atoms with Crippen LogP contribution in [0.15, 0.2) is 48.5 Å². The van der Waals surface area contributed by atoms with Crippen molar-refractivity contribution >= 4 is 35.0 Å². The van der Waals surface area contributed by atoms with Crippen LogP contribution in [0.25, 0.3) is 0 Å². The minimum atomic E-state index is -0.887. The van der Waals surface area contributed by atoms with E-state index in [4.69, 9.17) is 11.6 Å². The SMILES string of the molecule is O=C1CC(N(Cc2ccccc2Cl)C(=O)C2CC2)C(=O)N1c1ccc(F)cc1. The molecule has 28 heavy (non-hydrogen) atoms. The van der Waals surface area contributed by atoms with Gasteiger partial charge in [-0.3, -0.25) is 14.4 Å². The zero-order valence-electron chi connectivity index (χ0n) is 15.0. The molecular formula is C21H18ClFN2O3.